The Labute approximate surface area is 179 Å². The number of hydrogen-bond donors (Lipinski definition) is 1. The number of benzene rings is 2. The number of methoxy groups -OCH3 is 1. The molecule has 4 rings (SSSR count). The van der Waals surface area contributed by atoms with E-state index in [1.54, 1.807) is 18.5 Å². The van der Waals surface area contributed by atoms with Crippen LogP contribution in [-0.4, -0.2) is 17.1 Å². The molecule has 0 saturated carbocycles. The van der Waals surface area contributed by atoms with Crippen LogP contribution in [-0.2, 0) is 19.2 Å². The molecule has 0 fully saturated rings. The predicted octanol–water partition coefficient (Wildman–Crippen LogP) is 6.04. The molecule has 0 aliphatic rings. The van der Waals surface area contributed by atoms with Gasteiger partial charge in [0.15, 0.2) is 11.5 Å². The predicted molar refractivity (Wildman–Crippen MR) is 108 cm³/mol. The third-order valence-electron chi connectivity index (χ3n) is 5.01. The number of pyridine rings is 1. The number of nitrogens with one attached hydrogen (secondary N) is 1. The van der Waals surface area contributed by atoms with Gasteiger partial charge in [0.2, 0.25) is 0 Å². The summed E-state index contributed by atoms with van der Waals surface area (Å²) >= 11 is 0. The van der Waals surface area contributed by atoms with Gasteiger partial charge in [-0.1, -0.05) is 6.07 Å². The lowest BCUT2D eigenvalue weighted by Crippen LogP contribution is -2.07. The molecule has 9 heteroatoms. The van der Waals surface area contributed by atoms with E-state index in [9.17, 15) is 22.0 Å². The summed E-state index contributed by atoms with van der Waals surface area (Å²) in [5.74, 6) is -1.41. The number of halogens is 5. The van der Waals surface area contributed by atoms with Crippen molar-refractivity contribution in [1.29, 1.82) is 0 Å². The maximum absolute atomic E-state index is 14.8. The Morgan fingerprint density at radius 3 is 2.44 bits per heavy atom. The highest BCUT2D eigenvalue weighted by atomic mass is 19.4. The van der Waals surface area contributed by atoms with Gasteiger partial charge >= 0.3 is 6.18 Å². The highest BCUT2D eigenvalue weighted by Gasteiger charge is 2.31. The molecule has 4 aromatic rings. The molecular weight excluding hydrogens is 431 g/mol. The smallest absolute Gasteiger partial charge is 0.416 e. The van der Waals surface area contributed by atoms with E-state index in [1.807, 2.05) is 6.07 Å². The van der Waals surface area contributed by atoms with Crippen LogP contribution in [0, 0.1) is 11.6 Å². The molecule has 2 aromatic heterocycles. The molecule has 0 aliphatic carbocycles. The molecule has 2 aromatic carbocycles. The van der Waals surface area contributed by atoms with Gasteiger partial charge in [-0.3, -0.25) is 0 Å². The van der Waals surface area contributed by atoms with Crippen molar-refractivity contribution >= 4 is 11.0 Å². The second-order valence-corrected chi connectivity index (χ2v) is 7.08. The zero-order chi connectivity index (χ0) is 22.9. The Hall–Kier alpha value is -3.62. The number of hydrogen-bond acceptors (Lipinski definition) is 3. The molecule has 1 N–H and O–H groups in total. The number of aromatic nitrogens is 2. The van der Waals surface area contributed by atoms with Crippen molar-refractivity contribution < 1.29 is 31.4 Å². The van der Waals surface area contributed by atoms with Crippen LogP contribution in [0.1, 0.15) is 22.3 Å². The molecule has 4 nitrogen and oxygen atoms in total. The van der Waals surface area contributed by atoms with Crippen LogP contribution in [0.2, 0.25) is 0 Å². The van der Waals surface area contributed by atoms with Gasteiger partial charge < -0.3 is 14.5 Å². The van der Waals surface area contributed by atoms with E-state index < -0.39 is 30.0 Å². The van der Waals surface area contributed by atoms with Crippen molar-refractivity contribution in [2.75, 3.05) is 7.11 Å². The average molecular weight is 448 g/mol. The highest BCUT2D eigenvalue weighted by Crippen LogP contribution is 2.34. The molecular formula is C23H17F5N2O2. The molecule has 2 heterocycles. The molecule has 0 atom stereocenters. The number of fused-ring (bicyclic) bond motifs is 1. The summed E-state index contributed by atoms with van der Waals surface area (Å²) in [5.41, 5.74) is 0.678. The number of alkyl halides is 3. The minimum atomic E-state index is -4.65. The summed E-state index contributed by atoms with van der Waals surface area (Å²) in [7, 11) is 1.37. The number of rotatable bonds is 6. The quantitative estimate of drug-likeness (QED) is 0.366. The minimum Gasteiger partial charge on any atom is -0.493 e. The summed E-state index contributed by atoms with van der Waals surface area (Å²) in [5, 5.41) is 0.865. The summed E-state index contributed by atoms with van der Waals surface area (Å²) in [6.07, 6.45) is -0.982. The third kappa shape index (κ3) is 4.37. The Balaban J connectivity index is 1.55. The van der Waals surface area contributed by atoms with E-state index in [4.69, 9.17) is 9.47 Å². The van der Waals surface area contributed by atoms with Crippen LogP contribution in [0.25, 0.3) is 11.0 Å². The molecule has 0 aliphatic heterocycles. The minimum absolute atomic E-state index is 0.00800. The molecule has 0 bridgehead atoms. The normalized spacial score (nSPS) is 11.7. The van der Waals surface area contributed by atoms with Crippen LogP contribution in [0.4, 0.5) is 22.0 Å². The van der Waals surface area contributed by atoms with Crippen LogP contribution in [0.5, 0.6) is 11.5 Å². The van der Waals surface area contributed by atoms with Crippen molar-refractivity contribution in [1.82, 2.24) is 9.97 Å². The SMILES string of the molecule is COc1cc(Cc2c[nH]c3ncccc23)c(F)cc1OCc1ccc(C(F)(F)F)cc1F. The first kappa shape index (κ1) is 21.6. The Morgan fingerprint density at radius 1 is 0.938 bits per heavy atom. The Kier molecular flexibility index (Phi) is 5.73. The topological polar surface area (TPSA) is 47.1 Å². The van der Waals surface area contributed by atoms with Crippen LogP contribution in [0.15, 0.2) is 54.9 Å². The van der Waals surface area contributed by atoms with E-state index in [-0.39, 0.29) is 23.5 Å². The van der Waals surface area contributed by atoms with Gasteiger partial charge in [0.05, 0.1) is 12.7 Å². The van der Waals surface area contributed by atoms with Gasteiger partial charge in [0, 0.05) is 35.8 Å². The van der Waals surface area contributed by atoms with Crippen molar-refractivity contribution in [3.8, 4) is 11.5 Å². The Bertz CT molecular complexity index is 1270. The first-order chi connectivity index (χ1) is 15.3. The highest BCUT2D eigenvalue weighted by molar-refractivity contribution is 5.79. The fourth-order valence-corrected chi connectivity index (χ4v) is 3.35. The van der Waals surface area contributed by atoms with Crippen LogP contribution in [0.3, 0.4) is 0 Å². The monoisotopic (exact) mass is 448 g/mol. The van der Waals surface area contributed by atoms with Gasteiger partial charge in [-0.05, 0) is 41.5 Å². The van der Waals surface area contributed by atoms with Crippen LogP contribution < -0.4 is 9.47 Å². The lowest BCUT2D eigenvalue weighted by Gasteiger charge is -2.14. The zero-order valence-electron chi connectivity index (χ0n) is 16.8. The van der Waals surface area contributed by atoms with Crippen molar-refractivity contribution in [3.05, 3.63) is 88.7 Å². The molecule has 0 radical (unpaired) electrons. The van der Waals surface area contributed by atoms with Gasteiger partial charge in [0.25, 0.3) is 0 Å². The fourth-order valence-electron chi connectivity index (χ4n) is 3.35. The second kappa shape index (κ2) is 8.49. The van der Waals surface area contributed by atoms with E-state index in [0.29, 0.717) is 17.3 Å². The molecule has 32 heavy (non-hydrogen) atoms. The molecule has 166 valence electrons. The van der Waals surface area contributed by atoms with E-state index >= 15 is 0 Å². The van der Waals surface area contributed by atoms with Crippen molar-refractivity contribution in [2.24, 2.45) is 0 Å². The van der Waals surface area contributed by atoms with Gasteiger partial charge in [-0.15, -0.1) is 0 Å². The average Bonchev–Trinajstić information content (AvgIpc) is 3.16. The lowest BCUT2D eigenvalue weighted by molar-refractivity contribution is -0.137. The summed E-state index contributed by atoms with van der Waals surface area (Å²) < 4.78 is 77.7. The second-order valence-electron chi connectivity index (χ2n) is 7.08. The maximum atomic E-state index is 14.8. The van der Waals surface area contributed by atoms with Gasteiger partial charge in [-0.2, -0.15) is 13.2 Å². The molecule has 0 unspecified atom stereocenters. The maximum Gasteiger partial charge on any atom is 0.416 e. The van der Waals surface area contributed by atoms with E-state index in [0.717, 1.165) is 29.1 Å². The zero-order valence-corrected chi connectivity index (χ0v) is 16.8. The molecule has 0 spiro atoms. The summed E-state index contributed by atoms with van der Waals surface area (Å²) in [4.78, 5) is 7.24. The fraction of sp³-hybridized carbons (Fsp3) is 0.174. The van der Waals surface area contributed by atoms with E-state index in [1.165, 1.54) is 13.2 Å². The van der Waals surface area contributed by atoms with Gasteiger partial charge in [-0.25, -0.2) is 13.8 Å². The number of ether oxygens (including phenoxy) is 2. The first-order valence-electron chi connectivity index (χ1n) is 9.52. The van der Waals surface area contributed by atoms with Gasteiger partial charge in [0.1, 0.15) is 23.9 Å². The van der Waals surface area contributed by atoms with E-state index in [2.05, 4.69) is 9.97 Å². The third-order valence-corrected chi connectivity index (χ3v) is 5.01. The first-order valence-corrected chi connectivity index (χ1v) is 9.52. The van der Waals surface area contributed by atoms with Crippen LogP contribution >= 0.6 is 0 Å². The standard InChI is InChI=1S/C23H17F5N2O2/c1-31-20-8-14(7-15-11-30-22-17(15)3-2-6-29-22)19(25)10-21(20)32-12-13-4-5-16(9-18(13)24)23(26,27)28/h2-6,8-11H,7,12H2,1H3,(H,29,30). The number of H-pyrrole nitrogens is 1. The molecule has 0 amide bonds. The lowest BCUT2D eigenvalue weighted by atomic mass is 10.0. The van der Waals surface area contributed by atoms with Crippen molar-refractivity contribution in [3.63, 3.8) is 0 Å². The number of nitrogens with zero attached hydrogens (tertiary/aromatic N) is 1. The number of aromatic amines is 1. The Morgan fingerprint density at radius 2 is 1.72 bits per heavy atom. The largest absolute Gasteiger partial charge is 0.493 e. The summed E-state index contributed by atoms with van der Waals surface area (Å²) in [6, 6.07) is 8.40. The summed E-state index contributed by atoms with van der Waals surface area (Å²) in [6.45, 7) is -0.396. The molecule has 0 saturated heterocycles. The van der Waals surface area contributed by atoms with Crippen molar-refractivity contribution in [2.45, 2.75) is 19.2 Å².